The van der Waals surface area contributed by atoms with Crippen LogP contribution in [0.15, 0.2) is 36.8 Å². The zero-order valence-electron chi connectivity index (χ0n) is 11.7. The van der Waals surface area contributed by atoms with Crippen molar-refractivity contribution in [3.05, 3.63) is 57.9 Å². The van der Waals surface area contributed by atoms with Crippen LogP contribution in [0.1, 0.15) is 21.1 Å². The van der Waals surface area contributed by atoms with E-state index in [0.717, 1.165) is 27.3 Å². The van der Waals surface area contributed by atoms with E-state index in [-0.39, 0.29) is 0 Å². The molecule has 0 atom stereocenters. The first kappa shape index (κ1) is 14.7. The van der Waals surface area contributed by atoms with Gasteiger partial charge < -0.3 is 5.11 Å². The SMILES string of the molecule is N#Cc1ccc2ncc(/C=C/c3ncc(/C=C/C(=O)O)s3)n2c1. The fourth-order valence-corrected chi connectivity index (χ4v) is 2.68. The average Bonchev–Trinajstić information content (AvgIpc) is 3.17. The maximum absolute atomic E-state index is 10.5. The molecule has 0 unspecified atom stereocenters. The molecule has 0 saturated heterocycles. The molecule has 0 aliphatic carbocycles. The average molecular weight is 322 g/mol. The summed E-state index contributed by atoms with van der Waals surface area (Å²) in [7, 11) is 0. The molecule has 0 aliphatic rings. The van der Waals surface area contributed by atoms with Crippen molar-refractivity contribution in [3.8, 4) is 6.07 Å². The van der Waals surface area contributed by atoms with Crippen LogP contribution in [0, 0.1) is 11.3 Å². The number of carbonyl (C=O) groups is 1. The molecule has 3 heterocycles. The summed E-state index contributed by atoms with van der Waals surface area (Å²) in [6.07, 6.45) is 11.3. The molecule has 0 radical (unpaired) electrons. The number of pyridine rings is 1. The third-order valence-electron chi connectivity index (χ3n) is 2.99. The number of imidazole rings is 1. The van der Waals surface area contributed by atoms with Crippen molar-refractivity contribution in [1.82, 2.24) is 14.4 Å². The summed E-state index contributed by atoms with van der Waals surface area (Å²) in [5.74, 6) is -0.991. The van der Waals surface area contributed by atoms with Gasteiger partial charge in [-0.15, -0.1) is 11.3 Å². The molecule has 23 heavy (non-hydrogen) atoms. The molecule has 0 aliphatic heterocycles. The summed E-state index contributed by atoms with van der Waals surface area (Å²) in [6, 6.07) is 5.60. The van der Waals surface area contributed by atoms with Gasteiger partial charge in [0.2, 0.25) is 0 Å². The predicted octanol–water partition coefficient (Wildman–Crippen LogP) is 2.93. The van der Waals surface area contributed by atoms with Gasteiger partial charge in [-0.2, -0.15) is 5.26 Å². The Morgan fingerprint density at radius 1 is 1.26 bits per heavy atom. The zero-order chi connectivity index (χ0) is 16.2. The Labute approximate surface area is 135 Å². The van der Waals surface area contributed by atoms with Crippen molar-refractivity contribution in [2.75, 3.05) is 0 Å². The van der Waals surface area contributed by atoms with Gasteiger partial charge in [-0.1, -0.05) is 0 Å². The second-order valence-corrected chi connectivity index (χ2v) is 5.64. The maximum atomic E-state index is 10.5. The van der Waals surface area contributed by atoms with Crippen LogP contribution in [0.5, 0.6) is 0 Å². The van der Waals surface area contributed by atoms with Crippen molar-refractivity contribution >= 4 is 41.2 Å². The number of thiazole rings is 1. The van der Waals surface area contributed by atoms with E-state index in [1.807, 2.05) is 16.6 Å². The van der Waals surface area contributed by atoms with Crippen LogP contribution in [-0.2, 0) is 4.79 Å². The molecule has 3 aromatic heterocycles. The molecule has 0 fully saturated rings. The monoisotopic (exact) mass is 322 g/mol. The molecule has 1 N–H and O–H groups in total. The summed E-state index contributed by atoms with van der Waals surface area (Å²) in [4.78, 5) is 19.7. The molecule has 0 amide bonds. The zero-order valence-corrected chi connectivity index (χ0v) is 12.6. The summed E-state index contributed by atoms with van der Waals surface area (Å²) in [5.41, 5.74) is 2.14. The maximum Gasteiger partial charge on any atom is 0.328 e. The minimum Gasteiger partial charge on any atom is -0.478 e. The number of hydrogen-bond donors (Lipinski definition) is 1. The molecular formula is C16H10N4O2S. The van der Waals surface area contributed by atoms with Gasteiger partial charge in [-0.05, 0) is 30.4 Å². The third-order valence-corrected chi connectivity index (χ3v) is 3.92. The van der Waals surface area contributed by atoms with Gasteiger partial charge in [0.1, 0.15) is 16.7 Å². The number of rotatable bonds is 4. The van der Waals surface area contributed by atoms with E-state index in [1.165, 1.54) is 17.4 Å². The fourth-order valence-electron chi connectivity index (χ4n) is 1.95. The minimum atomic E-state index is -0.991. The van der Waals surface area contributed by atoms with Crippen molar-refractivity contribution < 1.29 is 9.90 Å². The van der Waals surface area contributed by atoms with E-state index in [1.54, 1.807) is 30.7 Å². The molecule has 7 heteroatoms. The van der Waals surface area contributed by atoms with E-state index < -0.39 is 5.97 Å². The first-order chi connectivity index (χ1) is 11.2. The van der Waals surface area contributed by atoms with Gasteiger partial charge in [0, 0.05) is 23.3 Å². The molecule has 3 aromatic rings. The van der Waals surface area contributed by atoms with Crippen LogP contribution in [0.2, 0.25) is 0 Å². The van der Waals surface area contributed by atoms with Gasteiger partial charge in [0.15, 0.2) is 0 Å². The Bertz CT molecular complexity index is 976. The van der Waals surface area contributed by atoms with E-state index in [0.29, 0.717) is 5.56 Å². The van der Waals surface area contributed by atoms with Crippen molar-refractivity contribution in [2.24, 2.45) is 0 Å². The number of hydrogen-bond acceptors (Lipinski definition) is 5. The third kappa shape index (κ3) is 3.33. The lowest BCUT2D eigenvalue weighted by molar-refractivity contribution is -0.131. The van der Waals surface area contributed by atoms with Crippen molar-refractivity contribution in [3.63, 3.8) is 0 Å². The van der Waals surface area contributed by atoms with Crippen LogP contribution in [0.25, 0.3) is 23.9 Å². The Hall–Kier alpha value is -3.24. The minimum absolute atomic E-state index is 0.556. The Morgan fingerprint density at radius 3 is 2.91 bits per heavy atom. The van der Waals surface area contributed by atoms with Crippen LogP contribution in [0.4, 0.5) is 0 Å². The first-order valence-electron chi connectivity index (χ1n) is 6.58. The van der Waals surface area contributed by atoms with Gasteiger partial charge in [0.05, 0.1) is 17.5 Å². The normalized spacial score (nSPS) is 11.4. The second-order valence-electron chi connectivity index (χ2n) is 4.55. The van der Waals surface area contributed by atoms with E-state index in [4.69, 9.17) is 10.4 Å². The number of fused-ring (bicyclic) bond motifs is 1. The Balaban J connectivity index is 1.86. The van der Waals surface area contributed by atoms with Gasteiger partial charge in [0.25, 0.3) is 0 Å². The Kier molecular flexibility index (Phi) is 3.99. The summed E-state index contributed by atoms with van der Waals surface area (Å²) >= 11 is 1.38. The van der Waals surface area contributed by atoms with Crippen molar-refractivity contribution in [2.45, 2.75) is 0 Å². The summed E-state index contributed by atoms with van der Waals surface area (Å²) < 4.78 is 1.83. The summed E-state index contributed by atoms with van der Waals surface area (Å²) in [5, 5.41) is 18.3. The highest BCUT2D eigenvalue weighted by Gasteiger charge is 2.02. The quantitative estimate of drug-likeness (QED) is 0.746. The number of aliphatic carboxylic acids is 1. The number of nitriles is 1. The number of nitrogens with zero attached hydrogens (tertiary/aromatic N) is 4. The van der Waals surface area contributed by atoms with E-state index in [9.17, 15) is 4.79 Å². The highest BCUT2D eigenvalue weighted by atomic mass is 32.1. The number of carboxylic acids is 1. The van der Waals surface area contributed by atoms with Gasteiger partial charge in [-0.25, -0.2) is 14.8 Å². The largest absolute Gasteiger partial charge is 0.478 e. The molecule has 3 rings (SSSR count). The molecule has 112 valence electrons. The fraction of sp³-hybridized carbons (Fsp3) is 0. The van der Waals surface area contributed by atoms with Crippen LogP contribution in [0.3, 0.4) is 0 Å². The number of aromatic nitrogens is 3. The van der Waals surface area contributed by atoms with Crippen LogP contribution < -0.4 is 0 Å². The standard InChI is InChI=1S/C16H10N4O2S/c17-7-11-1-4-14-18-8-12(20(14)10-11)2-5-15-19-9-13(23-15)3-6-16(21)22/h1-6,8-10H,(H,21,22)/b5-2+,6-3+. The Morgan fingerprint density at radius 2 is 2.13 bits per heavy atom. The second kappa shape index (κ2) is 6.25. The van der Waals surface area contributed by atoms with E-state index in [2.05, 4.69) is 16.0 Å². The van der Waals surface area contributed by atoms with Gasteiger partial charge in [-0.3, -0.25) is 4.40 Å². The first-order valence-corrected chi connectivity index (χ1v) is 7.39. The predicted molar refractivity (Wildman–Crippen MR) is 87.6 cm³/mol. The van der Waals surface area contributed by atoms with Crippen molar-refractivity contribution in [1.29, 1.82) is 5.26 Å². The molecule has 0 aromatic carbocycles. The smallest absolute Gasteiger partial charge is 0.328 e. The molecule has 0 saturated carbocycles. The van der Waals surface area contributed by atoms with Crippen LogP contribution in [-0.4, -0.2) is 25.4 Å². The lowest BCUT2D eigenvalue weighted by Gasteiger charge is -1.96. The highest BCUT2D eigenvalue weighted by molar-refractivity contribution is 7.13. The number of carboxylic acid groups (broad SMARTS) is 1. The molecule has 0 spiro atoms. The van der Waals surface area contributed by atoms with E-state index >= 15 is 0 Å². The van der Waals surface area contributed by atoms with Gasteiger partial charge >= 0.3 is 5.97 Å². The van der Waals surface area contributed by atoms with Crippen LogP contribution >= 0.6 is 11.3 Å². The summed E-state index contributed by atoms with van der Waals surface area (Å²) in [6.45, 7) is 0. The highest BCUT2D eigenvalue weighted by Crippen LogP contribution is 2.18. The lowest BCUT2D eigenvalue weighted by Crippen LogP contribution is -1.88. The molecular weight excluding hydrogens is 312 g/mol. The molecule has 0 bridgehead atoms. The lowest BCUT2D eigenvalue weighted by atomic mass is 10.3. The molecule has 6 nitrogen and oxygen atoms in total. The topological polar surface area (TPSA) is 91.3 Å².